The summed E-state index contributed by atoms with van der Waals surface area (Å²) in [6.45, 7) is 0. The molecule has 12 heteroatoms. The number of nitriles is 1. The summed E-state index contributed by atoms with van der Waals surface area (Å²) < 4.78 is 0. The summed E-state index contributed by atoms with van der Waals surface area (Å²) in [5.74, 6) is -3.59. The number of aliphatic hydroxyl groups excluding tert-OH is 1. The number of non-ortho nitro benzene ring substituents is 1. The molecule has 1 aliphatic heterocycles. The molecular formula is C24H14N4O8. The van der Waals surface area contributed by atoms with Crippen LogP contribution in [0.25, 0.3) is 5.76 Å². The fourth-order valence-corrected chi connectivity index (χ4v) is 3.89. The number of hydrogen-bond donors (Lipinski definition) is 2. The number of amides is 1. The Morgan fingerprint density at radius 2 is 1.67 bits per heavy atom. The van der Waals surface area contributed by atoms with Gasteiger partial charge in [-0.1, -0.05) is 18.2 Å². The Labute approximate surface area is 201 Å². The SMILES string of the molecule is N#Cc1ccc(N2C(=O)C(=O)/C(=C(\O)c3cccc([N+](=O)[O-])c3)C2c2ccc(O)c([N+](=O)[O-])c2)cc1. The largest absolute Gasteiger partial charge is 0.507 e. The third-order valence-corrected chi connectivity index (χ3v) is 5.56. The number of aromatic hydroxyl groups is 1. The van der Waals surface area contributed by atoms with E-state index in [0.29, 0.717) is 0 Å². The van der Waals surface area contributed by atoms with Gasteiger partial charge in [0.05, 0.1) is 33.1 Å². The molecule has 0 aromatic heterocycles. The number of anilines is 1. The first kappa shape index (κ1) is 23.6. The Balaban J connectivity index is 1.99. The number of Topliss-reactive ketones (excluding diaryl/α,β-unsaturated/α-hetero) is 1. The van der Waals surface area contributed by atoms with Gasteiger partial charge in [-0.05, 0) is 35.9 Å². The second kappa shape index (κ2) is 8.99. The molecule has 2 N–H and O–H groups in total. The second-order valence-corrected chi connectivity index (χ2v) is 7.64. The first-order chi connectivity index (χ1) is 17.1. The van der Waals surface area contributed by atoms with E-state index in [2.05, 4.69) is 0 Å². The van der Waals surface area contributed by atoms with Crippen LogP contribution in [-0.4, -0.2) is 31.8 Å². The van der Waals surface area contributed by atoms with Gasteiger partial charge in [0.15, 0.2) is 5.75 Å². The summed E-state index contributed by atoms with van der Waals surface area (Å²) in [6.07, 6.45) is 0. The smallest absolute Gasteiger partial charge is 0.311 e. The molecule has 3 aromatic rings. The molecule has 0 aliphatic carbocycles. The third-order valence-electron chi connectivity index (χ3n) is 5.56. The van der Waals surface area contributed by atoms with Crippen LogP contribution in [0.4, 0.5) is 17.1 Å². The highest BCUT2D eigenvalue weighted by Gasteiger charge is 2.47. The molecule has 12 nitrogen and oxygen atoms in total. The molecule has 0 saturated carbocycles. The summed E-state index contributed by atoms with van der Waals surface area (Å²) >= 11 is 0. The molecule has 0 bridgehead atoms. The predicted octanol–water partition coefficient (Wildman–Crippen LogP) is 3.71. The van der Waals surface area contributed by atoms with Crippen molar-refractivity contribution in [3.8, 4) is 11.8 Å². The van der Waals surface area contributed by atoms with E-state index in [-0.39, 0.29) is 28.1 Å². The predicted molar refractivity (Wildman–Crippen MR) is 124 cm³/mol. The van der Waals surface area contributed by atoms with Crippen molar-refractivity contribution in [3.05, 3.63) is 109 Å². The molecule has 1 saturated heterocycles. The number of rotatable bonds is 5. The molecule has 0 radical (unpaired) electrons. The molecule has 1 unspecified atom stereocenters. The van der Waals surface area contributed by atoms with E-state index in [0.717, 1.165) is 23.1 Å². The number of nitro benzene ring substituents is 2. The van der Waals surface area contributed by atoms with Crippen LogP contribution < -0.4 is 4.90 Å². The lowest BCUT2D eigenvalue weighted by Crippen LogP contribution is -2.29. The van der Waals surface area contributed by atoms with Gasteiger partial charge in [-0.3, -0.25) is 34.7 Å². The minimum atomic E-state index is -1.39. The van der Waals surface area contributed by atoms with E-state index < -0.39 is 50.3 Å². The normalized spacial score (nSPS) is 16.5. The molecule has 0 spiro atoms. The number of benzene rings is 3. The summed E-state index contributed by atoms with van der Waals surface area (Å²) in [5.41, 5.74) is -1.25. The molecule has 3 aromatic carbocycles. The minimum Gasteiger partial charge on any atom is -0.507 e. The molecule has 4 rings (SSSR count). The summed E-state index contributed by atoms with van der Waals surface area (Å²) in [5, 5.41) is 52.6. The maximum absolute atomic E-state index is 13.1. The zero-order valence-corrected chi connectivity index (χ0v) is 18.1. The lowest BCUT2D eigenvalue weighted by Gasteiger charge is -2.25. The zero-order valence-electron chi connectivity index (χ0n) is 18.1. The van der Waals surface area contributed by atoms with Crippen molar-refractivity contribution in [1.29, 1.82) is 5.26 Å². The first-order valence-corrected chi connectivity index (χ1v) is 10.2. The number of hydrogen-bond acceptors (Lipinski definition) is 9. The summed E-state index contributed by atoms with van der Waals surface area (Å²) in [4.78, 5) is 48.3. The molecule has 1 atom stereocenters. The quantitative estimate of drug-likeness (QED) is 0.178. The fraction of sp³-hybridized carbons (Fsp3) is 0.0417. The van der Waals surface area contributed by atoms with Gasteiger partial charge in [-0.2, -0.15) is 5.26 Å². The van der Waals surface area contributed by atoms with Crippen LogP contribution >= 0.6 is 0 Å². The van der Waals surface area contributed by atoms with Gasteiger partial charge in [-0.15, -0.1) is 0 Å². The van der Waals surface area contributed by atoms with Gasteiger partial charge in [0.2, 0.25) is 0 Å². The van der Waals surface area contributed by atoms with Crippen LogP contribution in [0.15, 0.2) is 72.3 Å². The van der Waals surface area contributed by atoms with Crippen molar-refractivity contribution < 1.29 is 29.6 Å². The number of aliphatic hydroxyl groups is 1. The minimum absolute atomic E-state index is 0.00930. The van der Waals surface area contributed by atoms with Crippen molar-refractivity contribution in [2.45, 2.75) is 6.04 Å². The van der Waals surface area contributed by atoms with Crippen LogP contribution in [0.3, 0.4) is 0 Å². The molecule has 1 amide bonds. The van der Waals surface area contributed by atoms with Crippen LogP contribution in [-0.2, 0) is 9.59 Å². The fourth-order valence-electron chi connectivity index (χ4n) is 3.89. The average molecular weight is 486 g/mol. The Hall–Kier alpha value is -5.57. The van der Waals surface area contributed by atoms with E-state index in [1.54, 1.807) is 0 Å². The van der Waals surface area contributed by atoms with Crippen molar-refractivity contribution >= 4 is 34.5 Å². The summed E-state index contributed by atoms with van der Waals surface area (Å²) in [7, 11) is 0. The first-order valence-electron chi connectivity index (χ1n) is 10.2. The molecule has 36 heavy (non-hydrogen) atoms. The third kappa shape index (κ3) is 3.97. The number of carbonyl (C=O) groups excluding carboxylic acids is 2. The monoisotopic (exact) mass is 486 g/mol. The maximum Gasteiger partial charge on any atom is 0.311 e. The van der Waals surface area contributed by atoms with E-state index in [1.165, 1.54) is 48.5 Å². The number of phenols is 1. The molecule has 1 aliphatic rings. The van der Waals surface area contributed by atoms with Gasteiger partial charge < -0.3 is 10.2 Å². The van der Waals surface area contributed by atoms with Gasteiger partial charge in [0, 0.05) is 29.4 Å². The highest BCUT2D eigenvalue weighted by atomic mass is 16.6. The topological polar surface area (TPSA) is 188 Å². The van der Waals surface area contributed by atoms with Gasteiger partial charge in [-0.25, -0.2) is 0 Å². The highest BCUT2D eigenvalue weighted by Crippen LogP contribution is 2.44. The number of nitro groups is 2. The van der Waals surface area contributed by atoms with E-state index in [4.69, 9.17) is 5.26 Å². The number of phenolic OH excluding ortho intramolecular Hbond substituents is 1. The van der Waals surface area contributed by atoms with Crippen LogP contribution in [0.2, 0.25) is 0 Å². The number of nitrogens with zero attached hydrogens (tertiary/aromatic N) is 4. The summed E-state index contributed by atoms with van der Waals surface area (Å²) in [6, 6.07) is 14.1. The standard InChI is InChI=1S/C24H14N4O8/c25-12-13-4-7-16(8-5-13)26-21(14-6-9-19(29)18(11-14)28(35)36)20(23(31)24(26)32)22(30)15-2-1-3-17(10-15)27(33)34/h1-11,21,29-30H/b22-20-. The van der Waals surface area contributed by atoms with Gasteiger partial charge >= 0.3 is 5.69 Å². The molecule has 1 fully saturated rings. The Kier molecular flexibility index (Phi) is 5.89. The van der Waals surface area contributed by atoms with Crippen molar-refractivity contribution in [2.24, 2.45) is 0 Å². The molecule has 1 heterocycles. The average Bonchev–Trinajstić information content (AvgIpc) is 3.14. The Bertz CT molecular complexity index is 1520. The van der Waals surface area contributed by atoms with E-state index in [1.807, 2.05) is 6.07 Å². The van der Waals surface area contributed by atoms with Crippen LogP contribution in [0, 0.1) is 31.6 Å². The lowest BCUT2D eigenvalue weighted by molar-refractivity contribution is -0.385. The second-order valence-electron chi connectivity index (χ2n) is 7.64. The van der Waals surface area contributed by atoms with E-state index in [9.17, 15) is 40.0 Å². The molecule has 178 valence electrons. The van der Waals surface area contributed by atoms with Crippen LogP contribution in [0.5, 0.6) is 5.75 Å². The number of ketones is 1. The van der Waals surface area contributed by atoms with Gasteiger partial charge in [0.25, 0.3) is 17.4 Å². The molecular weight excluding hydrogens is 472 g/mol. The van der Waals surface area contributed by atoms with Crippen molar-refractivity contribution in [2.75, 3.05) is 4.90 Å². The highest BCUT2D eigenvalue weighted by molar-refractivity contribution is 6.51. The lowest BCUT2D eigenvalue weighted by atomic mass is 9.94. The maximum atomic E-state index is 13.1. The van der Waals surface area contributed by atoms with Crippen molar-refractivity contribution in [3.63, 3.8) is 0 Å². The van der Waals surface area contributed by atoms with E-state index >= 15 is 0 Å². The van der Waals surface area contributed by atoms with Crippen LogP contribution in [0.1, 0.15) is 22.7 Å². The zero-order chi connectivity index (χ0) is 26.1. The van der Waals surface area contributed by atoms with Crippen molar-refractivity contribution in [1.82, 2.24) is 0 Å². The Morgan fingerprint density at radius 1 is 0.972 bits per heavy atom. The Morgan fingerprint density at radius 3 is 2.28 bits per heavy atom. The van der Waals surface area contributed by atoms with Gasteiger partial charge in [0.1, 0.15) is 5.76 Å². The number of carbonyl (C=O) groups is 2.